The molecule has 0 saturated carbocycles. The van der Waals surface area contributed by atoms with Crippen molar-refractivity contribution < 1.29 is 14.4 Å². The second-order valence-electron chi connectivity index (χ2n) is 3.23. The van der Waals surface area contributed by atoms with E-state index in [-0.39, 0.29) is 17.8 Å². The normalized spacial score (nSPS) is 9.67. The molecule has 0 bridgehead atoms. The number of benzene rings is 1. The van der Waals surface area contributed by atoms with Gasteiger partial charge in [0.1, 0.15) is 5.78 Å². The van der Waals surface area contributed by atoms with E-state index in [2.05, 4.69) is 0 Å². The molecule has 4 nitrogen and oxygen atoms in total. The first-order valence-corrected chi connectivity index (χ1v) is 4.44. The van der Waals surface area contributed by atoms with Gasteiger partial charge in [0.25, 0.3) is 5.91 Å². The lowest BCUT2D eigenvalue weighted by molar-refractivity contribution is -0.116. The standard InChI is InChI=1S/C11H11NO3/c1-7(13)6-8-4-2-3-5-9(8)10(14)11(12)15/h2-5H,6H2,1H3,(H2,12,15). The van der Waals surface area contributed by atoms with Crippen molar-refractivity contribution in [3.05, 3.63) is 35.4 Å². The summed E-state index contributed by atoms with van der Waals surface area (Å²) >= 11 is 0. The molecule has 0 saturated heterocycles. The van der Waals surface area contributed by atoms with Crippen molar-refractivity contribution in [3.63, 3.8) is 0 Å². The number of rotatable bonds is 4. The number of amides is 1. The van der Waals surface area contributed by atoms with Crippen LogP contribution in [-0.2, 0) is 16.0 Å². The maximum atomic E-state index is 11.4. The van der Waals surface area contributed by atoms with Crippen LogP contribution < -0.4 is 5.73 Å². The van der Waals surface area contributed by atoms with Crippen molar-refractivity contribution in [2.45, 2.75) is 13.3 Å². The summed E-state index contributed by atoms with van der Waals surface area (Å²) in [7, 11) is 0. The highest BCUT2D eigenvalue weighted by Gasteiger charge is 2.16. The summed E-state index contributed by atoms with van der Waals surface area (Å²) in [6.07, 6.45) is 0.134. The summed E-state index contributed by atoms with van der Waals surface area (Å²) in [6, 6.07) is 6.46. The average Bonchev–Trinajstić information content (AvgIpc) is 2.16. The molecule has 0 aliphatic rings. The maximum Gasteiger partial charge on any atom is 0.289 e. The van der Waals surface area contributed by atoms with E-state index in [0.717, 1.165) is 0 Å². The van der Waals surface area contributed by atoms with Gasteiger partial charge >= 0.3 is 0 Å². The van der Waals surface area contributed by atoms with Gasteiger partial charge in [-0.1, -0.05) is 24.3 Å². The SMILES string of the molecule is CC(=O)Cc1ccccc1C(=O)C(N)=O. The molecule has 0 spiro atoms. The van der Waals surface area contributed by atoms with E-state index in [1.807, 2.05) is 0 Å². The Balaban J connectivity index is 3.11. The first kappa shape index (κ1) is 11.1. The van der Waals surface area contributed by atoms with E-state index in [0.29, 0.717) is 5.56 Å². The number of hydrogen-bond donors (Lipinski definition) is 1. The molecule has 0 unspecified atom stereocenters. The smallest absolute Gasteiger partial charge is 0.289 e. The van der Waals surface area contributed by atoms with Crippen LogP contribution in [0.15, 0.2) is 24.3 Å². The Labute approximate surface area is 87.1 Å². The molecule has 15 heavy (non-hydrogen) atoms. The summed E-state index contributed by atoms with van der Waals surface area (Å²) in [5.41, 5.74) is 5.64. The van der Waals surface area contributed by atoms with E-state index >= 15 is 0 Å². The number of carbonyl (C=O) groups excluding carboxylic acids is 3. The van der Waals surface area contributed by atoms with Crippen LogP contribution in [0.2, 0.25) is 0 Å². The Morgan fingerprint density at radius 1 is 1.20 bits per heavy atom. The lowest BCUT2D eigenvalue weighted by Gasteiger charge is -2.04. The molecular weight excluding hydrogens is 194 g/mol. The second-order valence-corrected chi connectivity index (χ2v) is 3.23. The first-order valence-electron chi connectivity index (χ1n) is 4.44. The molecule has 0 atom stereocenters. The number of primary amides is 1. The van der Waals surface area contributed by atoms with E-state index in [1.54, 1.807) is 18.2 Å². The highest BCUT2D eigenvalue weighted by molar-refractivity contribution is 6.42. The van der Waals surface area contributed by atoms with Crippen molar-refractivity contribution in [1.29, 1.82) is 0 Å². The van der Waals surface area contributed by atoms with Crippen LogP contribution >= 0.6 is 0 Å². The average molecular weight is 205 g/mol. The predicted molar refractivity (Wildman–Crippen MR) is 54.4 cm³/mol. The van der Waals surface area contributed by atoms with E-state index < -0.39 is 11.7 Å². The third kappa shape index (κ3) is 2.74. The Hall–Kier alpha value is -1.97. The minimum Gasteiger partial charge on any atom is -0.363 e. The molecule has 1 amide bonds. The Kier molecular flexibility index (Phi) is 3.33. The van der Waals surface area contributed by atoms with Gasteiger partial charge in [0.05, 0.1) is 0 Å². The molecule has 0 aromatic heterocycles. The van der Waals surface area contributed by atoms with Crippen LogP contribution in [0.4, 0.5) is 0 Å². The van der Waals surface area contributed by atoms with Crippen molar-refractivity contribution in [3.8, 4) is 0 Å². The zero-order valence-electron chi connectivity index (χ0n) is 8.32. The number of carbonyl (C=O) groups is 3. The van der Waals surface area contributed by atoms with Crippen LogP contribution in [0.5, 0.6) is 0 Å². The van der Waals surface area contributed by atoms with E-state index in [9.17, 15) is 14.4 Å². The van der Waals surface area contributed by atoms with Gasteiger partial charge in [-0.15, -0.1) is 0 Å². The molecule has 1 rings (SSSR count). The number of Topliss-reactive ketones (excluding diaryl/α,β-unsaturated/α-hetero) is 2. The highest BCUT2D eigenvalue weighted by Crippen LogP contribution is 2.10. The topological polar surface area (TPSA) is 77.2 Å². The van der Waals surface area contributed by atoms with Crippen LogP contribution in [0, 0.1) is 0 Å². The van der Waals surface area contributed by atoms with Crippen LogP contribution in [-0.4, -0.2) is 17.5 Å². The molecule has 1 aromatic rings. The zero-order valence-corrected chi connectivity index (χ0v) is 8.32. The van der Waals surface area contributed by atoms with Crippen LogP contribution in [0.3, 0.4) is 0 Å². The molecular formula is C11H11NO3. The summed E-state index contributed by atoms with van der Waals surface area (Å²) in [5, 5.41) is 0. The summed E-state index contributed by atoms with van der Waals surface area (Å²) in [6.45, 7) is 1.42. The van der Waals surface area contributed by atoms with Crippen LogP contribution in [0.1, 0.15) is 22.8 Å². The fourth-order valence-corrected chi connectivity index (χ4v) is 1.30. The Morgan fingerprint density at radius 2 is 1.80 bits per heavy atom. The minimum atomic E-state index is -1.01. The number of nitrogens with two attached hydrogens (primary N) is 1. The van der Waals surface area contributed by atoms with E-state index in [4.69, 9.17) is 5.73 Å². The van der Waals surface area contributed by atoms with Crippen LogP contribution in [0.25, 0.3) is 0 Å². The quantitative estimate of drug-likeness (QED) is 0.573. The lowest BCUT2D eigenvalue weighted by Crippen LogP contribution is -2.24. The fourth-order valence-electron chi connectivity index (χ4n) is 1.30. The van der Waals surface area contributed by atoms with Gasteiger partial charge in [0.15, 0.2) is 0 Å². The van der Waals surface area contributed by atoms with E-state index in [1.165, 1.54) is 13.0 Å². The number of ketones is 2. The summed E-state index contributed by atoms with van der Waals surface area (Å²) in [4.78, 5) is 33.0. The molecule has 0 fully saturated rings. The van der Waals surface area contributed by atoms with Gasteiger partial charge in [-0.25, -0.2) is 0 Å². The van der Waals surface area contributed by atoms with Crippen molar-refractivity contribution in [2.75, 3.05) is 0 Å². The molecule has 2 N–H and O–H groups in total. The highest BCUT2D eigenvalue weighted by atomic mass is 16.2. The van der Waals surface area contributed by atoms with Gasteiger partial charge in [-0.3, -0.25) is 14.4 Å². The lowest BCUT2D eigenvalue weighted by atomic mass is 9.99. The molecule has 0 aliphatic carbocycles. The maximum absolute atomic E-state index is 11.4. The zero-order chi connectivity index (χ0) is 11.4. The summed E-state index contributed by atoms with van der Waals surface area (Å²) in [5.74, 6) is -1.84. The van der Waals surface area contributed by atoms with Gasteiger partial charge < -0.3 is 5.73 Å². The predicted octanol–water partition coefficient (Wildman–Crippen LogP) is 0.486. The van der Waals surface area contributed by atoms with Gasteiger partial charge in [-0.2, -0.15) is 0 Å². The summed E-state index contributed by atoms with van der Waals surface area (Å²) < 4.78 is 0. The molecule has 0 heterocycles. The minimum absolute atomic E-state index is 0.0697. The Bertz CT molecular complexity index is 424. The molecule has 0 radical (unpaired) electrons. The van der Waals surface area contributed by atoms with Gasteiger partial charge in [0, 0.05) is 12.0 Å². The molecule has 0 aliphatic heterocycles. The monoisotopic (exact) mass is 205 g/mol. The first-order chi connectivity index (χ1) is 7.02. The Morgan fingerprint density at radius 3 is 2.33 bits per heavy atom. The van der Waals surface area contributed by atoms with Gasteiger partial charge in [0.2, 0.25) is 5.78 Å². The molecule has 78 valence electrons. The largest absolute Gasteiger partial charge is 0.363 e. The third-order valence-electron chi connectivity index (χ3n) is 1.93. The fraction of sp³-hybridized carbons (Fsp3) is 0.182. The van der Waals surface area contributed by atoms with Crippen molar-refractivity contribution in [2.24, 2.45) is 5.73 Å². The van der Waals surface area contributed by atoms with Crippen molar-refractivity contribution >= 4 is 17.5 Å². The molecule has 4 heteroatoms. The third-order valence-corrected chi connectivity index (χ3v) is 1.93. The van der Waals surface area contributed by atoms with Crippen molar-refractivity contribution in [1.82, 2.24) is 0 Å². The molecule has 1 aromatic carbocycles. The second kappa shape index (κ2) is 4.50. The number of hydrogen-bond acceptors (Lipinski definition) is 3. The van der Waals surface area contributed by atoms with Gasteiger partial charge in [-0.05, 0) is 12.5 Å².